The van der Waals surface area contributed by atoms with Crippen LogP contribution in [0.25, 0.3) is 110 Å². The summed E-state index contributed by atoms with van der Waals surface area (Å²) in [6.45, 7) is 0. The van der Waals surface area contributed by atoms with Crippen LogP contribution in [0.4, 0.5) is 0 Å². The number of aromatic nitrogens is 5. The maximum absolute atomic E-state index is 5.18. The molecule has 0 spiro atoms. The molecule has 50 heavy (non-hydrogen) atoms. The van der Waals surface area contributed by atoms with Gasteiger partial charge >= 0.3 is 0 Å². The molecular formula is C45H25N5. The number of nitrogens with zero attached hydrogens (tertiary/aromatic N) is 5. The van der Waals surface area contributed by atoms with Crippen LogP contribution in [0.2, 0.25) is 0 Å². The lowest BCUT2D eigenvalue weighted by Gasteiger charge is -2.12. The highest BCUT2D eigenvalue weighted by atomic mass is 15.1. The third-order valence-corrected chi connectivity index (χ3v) is 10.6. The van der Waals surface area contributed by atoms with Crippen molar-refractivity contribution in [2.75, 3.05) is 0 Å². The van der Waals surface area contributed by atoms with Crippen molar-refractivity contribution >= 4 is 76.2 Å². The zero-order valence-electron chi connectivity index (χ0n) is 26.7. The van der Waals surface area contributed by atoms with E-state index in [1.165, 1.54) is 70.8 Å². The van der Waals surface area contributed by atoms with Crippen LogP contribution < -0.4 is 0 Å². The van der Waals surface area contributed by atoms with E-state index in [1.54, 1.807) is 0 Å². The van der Waals surface area contributed by atoms with Crippen molar-refractivity contribution in [2.24, 2.45) is 0 Å². The topological polar surface area (TPSA) is 47.5 Å². The largest absolute Gasteiger partial charge is 0.294 e. The van der Waals surface area contributed by atoms with E-state index in [-0.39, 0.29) is 0 Å². The average molecular weight is 636 g/mol. The van der Waals surface area contributed by atoms with Gasteiger partial charge in [0, 0.05) is 54.4 Å². The zero-order valence-corrected chi connectivity index (χ0v) is 26.7. The summed E-state index contributed by atoms with van der Waals surface area (Å²) < 4.78 is 5.02. The third kappa shape index (κ3) is 3.24. The van der Waals surface area contributed by atoms with Crippen LogP contribution in [0.5, 0.6) is 0 Å². The Labute approximate surface area is 285 Å². The molecule has 0 amide bonds. The summed E-state index contributed by atoms with van der Waals surface area (Å²) in [4.78, 5) is 15.4. The lowest BCUT2D eigenvalue weighted by Crippen LogP contribution is -2.00. The molecule has 0 aliphatic carbocycles. The van der Waals surface area contributed by atoms with Gasteiger partial charge < -0.3 is 0 Å². The number of hydrogen-bond acceptors (Lipinski definition) is 3. The summed E-state index contributed by atoms with van der Waals surface area (Å²) in [5.41, 5.74) is 8.94. The number of benzene rings is 7. The lowest BCUT2D eigenvalue weighted by atomic mass is 9.97. The molecule has 0 fully saturated rings. The van der Waals surface area contributed by atoms with E-state index in [0.717, 1.165) is 22.1 Å². The molecule has 0 aliphatic heterocycles. The van der Waals surface area contributed by atoms with Crippen LogP contribution in [0.15, 0.2) is 152 Å². The Bertz CT molecular complexity index is 3240. The molecule has 0 aliphatic rings. The van der Waals surface area contributed by atoms with Crippen molar-refractivity contribution in [1.82, 2.24) is 23.8 Å². The van der Waals surface area contributed by atoms with Crippen LogP contribution in [-0.2, 0) is 0 Å². The molecule has 0 saturated heterocycles. The minimum atomic E-state index is 0.658. The van der Waals surface area contributed by atoms with Gasteiger partial charge in [-0.1, -0.05) is 133 Å². The van der Waals surface area contributed by atoms with E-state index < -0.39 is 0 Å². The molecule has 7 aromatic carbocycles. The molecule has 0 N–H and O–H groups in total. The number of hydrogen-bond donors (Lipinski definition) is 0. The third-order valence-electron chi connectivity index (χ3n) is 10.6. The molecule has 5 heterocycles. The van der Waals surface area contributed by atoms with Gasteiger partial charge in [0.25, 0.3) is 0 Å². The second-order valence-electron chi connectivity index (χ2n) is 13.2. The molecule has 0 atom stereocenters. The van der Waals surface area contributed by atoms with Gasteiger partial charge in [-0.15, -0.1) is 0 Å². The van der Waals surface area contributed by atoms with E-state index in [1.807, 2.05) is 36.4 Å². The van der Waals surface area contributed by atoms with Gasteiger partial charge in [-0.25, -0.2) is 15.0 Å². The van der Waals surface area contributed by atoms with E-state index >= 15 is 0 Å². The zero-order chi connectivity index (χ0) is 32.5. The van der Waals surface area contributed by atoms with Crippen LogP contribution in [-0.4, -0.2) is 23.8 Å². The number of fused-ring (bicyclic) bond motifs is 11. The Morgan fingerprint density at radius 3 is 1.62 bits per heavy atom. The van der Waals surface area contributed by atoms with Gasteiger partial charge in [-0.05, 0) is 29.0 Å². The number of pyridine rings is 1. The van der Waals surface area contributed by atoms with Crippen LogP contribution in [0.3, 0.4) is 0 Å². The standard InChI is InChI=1S/C45H25N5/c1-3-12-27(13-4-1)42-46-43(28-14-5-2-6-15-28)48-44(47-42)34-25-24-33-39-32-19-11-16-26-22-23-30-29-17-7-9-20-35(29)49(40(30)37(26)32)45(39)50-36-21-10-8-18-31(36)38(34)41(33)50/h1-25H. The van der Waals surface area contributed by atoms with Crippen molar-refractivity contribution in [2.45, 2.75) is 0 Å². The monoisotopic (exact) mass is 635 g/mol. The summed E-state index contributed by atoms with van der Waals surface area (Å²) in [6.07, 6.45) is 0. The Morgan fingerprint density at radius 2 is 0.900 bits per heavy atom. The highest BCUT2D eigenvalue weighted by Crippen LogP contribution is 2.48. The minimum absolute atomic E-state index is 0.658. The van der Waals surface area contributed by atoms with Crippen LogP contribution in [0.1, 0.15) is 0 Å². The van der Waals surface area contributed by atoms with E-state index in [2.05, 4.69) is 124 Å². The molecule has 0 radical (unpaired) electrons. The normalized spacial score (nSPS) is 12.4. The molecule has 230 valence electrons. The molecule has 5 nitrogen and oxygen atoms in total. The maximum Gasteiger partial charge on any atom is 0.164 e. The molecule has 5 aromatic heterocycles. The van der Waals surface area contributed by atoms with Gasteiger partial charge in [-0.2, -0.15) is 0 Å². The van der Waals surface area contributed by atoms with Crippen LogP contribution in [0, 0.1) is 0 Å². The van der Waals surface area contributed by atoms with Gasteiger partial charge in [0.15, 0.2) is 17.5 Å². The Kier molecular flexibility index (Phi) is 4.91. The number of rotatable bonds is 3. The van der Waals surface area contributed by atoms with E-state index in [4.69, 9.17) is 15.0 Å². The summed E-state index contributed by atoms with van der Waals surface area (Å²) >= 11 is 0. The SMILES string of the molecule is c1ccc(-c2nc(-c3ccccc3)nc(-c3ccc4c5c6cccc7ccc8c9ccccc9n(c8c76)c5n5c6ccccc6c3c45)n2)cc1. The van der Waals surface area contributed by atoms with E-state index in [9.17, 15) is 0 Å². The predicted octanol–water partition coefficient (Wildman–Crippen LogP) is 11.2. The fourth-order valence-electron chi connectivity index (χ4n) is 8.60. The smallest absolute Gasteiger partial charge is 0.164 e. The fraction of sp³-hybridized carbons (Fsp3) is 0. The summed E-state index contributed by atoms with van der Waals surface area (Å²) in [5.74, 6) is 1.98. The molecule has 0 bridgehead atoms. The fourth-order valence-corrected chi connectivity index (χ4v) is 8.60. The average Bonchev–Trinajstić information content (AvgIpc) is 3.84. The highest BCUT2D eigenvalue weighted by Gasteiger charge is 2.27. The molecule has 12 rings (SSSR count). The van der Waals surface area contributed by atoms with Crippen molar-refractivity contribution < 1.29 is 0 Å². The predicted molar refractivity (Wildman–Crippen MR) is 205 cm³/mol. The summed E-state index contributed by atoms with van der Waals surface area (Å²) in [7, 11) is 0. The first-order chi connectivity index (χ1) is 24.8. The minimum Gasteiger partial charge on any atom is -0.294 e. The summed E-state index contributed by atoms with van der Waals surface area (Å²) in [6, 6.07) is 53.8. The second-order valence-corrected chi connectivity index (χ2v) is 13.2. The quantitative estimate of drug-likeness (QED) is 0.194. The van der Waals surface area contributed by atoms with E-state index in [0.29, 0.717) is 17.5 Å². The first-order valence-electron chi connectivity index (χ1n) is 17.0. The Morgan fingerprint density at radius 1 is 0.340 bits per heavy atom. The van der Waals surface area contributed by atoms with Crippen molar-refractivity contribution in [3.05, 3.63) is 152 Å². The molecule has 12 aromatic rings. The Hall–Kier alpha value is -6.85. The van der Waals surface area contributed by atoms with Crippen molar-refractivity contribution in [1.29, 1.82) is 0 Å². The molecule has 0 saturated carbocycles. The van der Waals surface area contributed by atoms with Gasteiger partial charge in [-0.3, -0.25) is 8.80 Å². The molecular weight excluding hydrogens is 611 g/mol. The second kappa shape index (κ2) is 9.40. The Balaban J connectivity index is 1.29. The van der Waals surface area contributed by atoms with Crippen molar-refractivity contribution in [3.8, 4) is 34.2 Å². The number of para-hydroxylation sites is 2. The first kappa shape index (κ1) is 26.1. The highest BCUT2D eigenvalue weighted by molar-refractivity contribution is 6.36. The first-order valence-corrected chi connectivity index (χ1v) is 17.0. The lowest BCUT2D eigenvalue weighted by molar-refractivity contribution is 1.08. The van der Waals surface area contributed by atoms with Crippen molar-refractivity contribution in [3.63, 3.8) is 0 Å². The summed E-state index contributed by atoms with van der Waals surface area (Å²) in [5, 5.41) is 11.2. The van der Waals surface area contributed by atoms with Gasteiger partial charge in [0.2, 0.25) is 0 Å². The van der Waals surface area contributed by atoms with Gasteiger partial charge in [0.05, 0.1) is 22.1 Å². The van der Waals surface area contributed by atoms with Crippen LogP contribution >= 0.6 is 0 Å². The van der Waals surface area contributed by atoms with Gasteiger partial charge in [0.1, 0.15) is 5.65 Å². The maximum atomic E-state index is 5.18. The molecule has 0 unspecified atom stereocenters. The molecule has 5 heteroatoms.